The summed E-state index contributed by atoms with van der Waals surface area (Å²) in [6.07, 6.45) is 1.48. The molecule has 0 unspecified atom stereocenters. The van der Waals surface area contributed by atoms with Crippen molar-refractivity contribution in [1.82, 2.24) is 13.7 Å². The van der Waals surface area contributed by atoms with E-state index in [1.54, 1.807) is 24.3 Å². The topological polar surface area (TPSA) is 128 Å². The SMILES string of the molecule is CC(C)c1cc(OCCO)cc2c1C(=O)N(COc1nc3ccccn3c(=O)c1Cl)S2(=O)=O. The third-order valence-electron chi connectivity index (χ3n) is 5.06. The molecule has 174 valence electrons. The van der Waals surface area contributed by atoms with Crippen molar-refractivity contribution >= 4 is 33.2 Å². The van der Waals surface area contributed by atoms with Crippen molar-refractivity contribution < 1.29 is 27.8 Å². The predicted molar refractivity (Wildman–Crippen MR) is 118 cm³/mol. The molecule has 1 amide bonds. The number of amides is 1. The van der Waals surface area contributed by atoms with Crippen LogP contribution < -0.4 is 15.0 Å². The fraction of sp³-hybridized carbons (Fsp3) is 0.286. The lowest BCUT2D eigenvalue weighted by molar-refractivity contribution is 0.0785. The van der Waals surface area contributed by atoms with Crippen LogP contribution in [0.25, 0.3) is 5.65 Å². The summed E-state index contributed by atoms with van der Waals surface area (Å²) in [5.74, 6) is -1.02. The number of hydrogen-bond donors (Lipinski definition) is 1. The second-order valence-electron chi connectivity index (χ2n) is 7.51. The largest absolute Gasteiger partial charge is 0.491 e. The Balaban J connectivity index is 1.71. The van der Waals surface area contributed by atoms with Gasteiger partial charge in [-0.3, -0.25) is 14.0 Å². The molecule has 1 N–H and O–H groups in total. The Kier molecular flexibility index (Phi) is 6.04. The lowest BCUT2D eigenvalue weighted by Gasteiger charge is -2.16. The fourth-order valence-corrected chi connectivity index (χ4v) is 5.14. The Morgan fingerprint density at radius 3 is 2.64 bits per heavy atom. The zero-order valence-electron chi connectivity index (χ0n) is 17.7. The number of hydrogen-bond acceptors (Lipinski definition) is 8. The number of ether oxygens (including phenoxy) is 2. The van der Waals surface area contributed by atoms with Crippen molar-refractivity contribution in [3.05, 3.63) is 63.0 Å². The molecule has 33 heavy (non-hydrogen) atoms. The molecule has 3 heterocycles. The van der Waals surface area contributed by atoms with E-state index in [1.165, 1.54) is 16.7 Å². The summed E-state index contributed by atoms with van der Waals surface area (Å²) >= 11 is 6.08. The van der Waals surface area contributed by atoms with Crippen LogP contribution in [0.3, 0.4) is 0 Å². The molecule has 10 nitrogen and oxygen atoms in total. The van der Waals surface area contributed by atoms with E-state index >= 15 is 0 Å². The molecular formula is C21H20ClN3O7S. The number of carbonyl (C=O) groups excluding carboxylic acids is 1. The first-order valence-corrected chi connectivity index (χ1v) is 11.8. The lowest BCUT2D eigenvalue weighted by Crippen LogP contribution is -2.34. The molecule has 0 saturated heterocycles. The highest BCUT2D eigenvalue weighted by Gasteiger charge is 2.44. The van der Waals surface area contributed by atoms with Crippen LogP contribution in [0, 0.1) is 0 Å². The van der Waals surface area contributed by atoms with Crippen molar-refractivity contribution in [3.63, 3.8) is 0 Å². The maximum atomic E-state index is 13.2. The van der Waals surface area contributed by atoms with Gasteiger partial charge in [0.25, 0.3) is 21.5 Å². The second-order valence-corrected chi connectivity index (χ2v) is 9.72. The number of nitrogens with zero attached hydrogens (tertiary/aromatic N) is 3. The molecule has 0 saturated carbocycles. The van der Waals surface area contributed by atoms with E-state index in [2.05, 4.69) is 4.98 Å². The van der Waals surface area contributed by atoms with Crippen LogP contribution in [0.4, 0.5) is 0 Å². The molecule has 1 aromatic carbocycles. The number of benzene rings is 1. The Hall–Kier alpha value is -3.15. The normalized spacial score (nSPS) is 14.7. The first kappa shape index (κ1) is 23.0. The molecule has 0 atom stereocenters. The van der Waals surface area contributed by atoms with Gasteiger partial charge >= 0.3 is 0 Å². The number of aliphatic hydroxyl groups is 1. The summed E-state index contributed by atoms with van der Waals surface area (Å²) in [5, 5.41) is 8.67. The summed E-state index contributed by atoms with van der Waals surface area (Å²) < 4.78 is 39.0. The summed E-state index contributed by atoms with van der Waals surface area (Å²) in [6, 6.07) is 7.68. The van der Waals surface area contributed by atoms with E-state index in [9.17, 15) is 18.0 Å². The Labute approximate surface area is 194 Å². The third-order valence-corrected chi connectivity index (χ3v) is 7.12. The summed E-state index contributed by atoms with van der Waals surface area (Å²) in [6.45, 7) is 2.63. The molecule has 0 aliphatic carbocycles. The molecule has 1 aliphatic heterocycles. The first-order chi connectivity index (χ1) is 15.7. The van der Waals surface area contributed by atoms with Gasteiger partial charge in [-0.1, -0.05) is 31.5 Å². The van der Waals surface area contributed by atoms with Crippen LogP contribution in [-0.2, 0) is 10.0 Å². The first-order valence-electron chi connectivity index (χ1n) is 9.95. The molecule has 4 rings (SSSR count). The van der Waals surface area contributed by atoms with Crippen molar-refractivity contribution in [3.8, 4) is 11.6 Å². The van der Waals surface area contributed by atoms with E-state index in [0.717, 1.165) is 0 Å². The van der Waals surface area contributed by atoms with E-state index in [4.69, 9.17) is 26.2 Å². The highest BCUT2D eigenvalue weighted by Crippen LogP contribution is 2.38. The third kappa shape index (κ3) is 3.92. The molecule has 12 heteroatoms. The molecule has 3 aromatic rings. The standard InChI is InChI=1S/C21H20ClN3O7S/c1-12(2)14-9-13(31-8-7-26)10-15-17(14)20(27)25(33(15,29)30)11-32-19-18(22)21(28)24-6-4-3-5-16(24)23-19/h3-6,9-10,12,26H,7-8,11H2,1-2H3. The molecule has 0 bridgehead atoms. The van der Waals surface area contributed by atoms with Gasteiger partial charge in [0.1, 0.15) is 22.9 Å². The Morgan fingerprint density at radius 1 is 1.18 bits per heavy atom. The van der Waals surface area contributed by atoms with E-state index in [1.807, 2.05) is 13.8 Å². The number of sulfonamides is 1. The zero-order valence-corrected chi connectivity index (χ0v) is 19.3. The minimum atomic E-state index is -4.27. The van der Waals surface area contributed by atoms with Crippen LogP contribution >= 0.6 is 11.6 Å². The molecule has 2 aromatic heterocycles. The highest BCUT2D eigenvalue weighted by atomic mass is 35.5. The molecule has 0 spiro atoms. The van der Waals surface area contributed by atoms with Crippen molar-refractivity contribution in [2.24, 2.45) is 0 Å². The Morgan fingerprint density at radius 2 is 1.94 bits per heavy atom. The van der Waals surface area contributed by atoms with Crippen LogP contribution in [-0.4, -0.2) is 53.1 Å². The number of pyridine rings is 1. The van der Waals surface area contributed by atoms with Gasteiger partial charge in [0.2, 0.25) is 5.88 Å². The van der Waals surface area contributed by atoms with Gasteiger partial charge in [0, 0.05) is 12.3 Å². The minimum absolute atomic E-state index is 0.0290. The minimum Gasteiger partial charge on any atom is -0.491 e. The van der Waals surface area contributed by atoms with Gasteiger partial charge in [-0.25, -0.2) is 8.42 Å². The van der Waals surface area contributed by atoms with Crippen LogP contribution in [0.1, 0.15) is 35.7 Å². The maximum absolute atomic E-state index is 13.2. The number of aliphatic hydroxyl groups excluding tert-OH is 1. The van der Waals surface area contributed by atoms with Crippen molar-refractivity contribution in [1.29, 1.82) is 0 Å². The molecule has 0 fully saturated rings. The van der Waals surface area contributed by atoms with Crippen LogP contribution in [0.15, 0.2) is 46.2 Å². The number of aromatic nitrogens is 2. The van der Waals surface area contributed by atoms with Gasteiger partial charge in [-0.05, 0) is 29.7 Å². The van der Waals surface area contributed by atoms with Gasteiger partial charge in [0.05, 0.1) is 12.2 Å². The summed E-state index contributed by atoms with van der Waals surface area (Å²) in [4.78, 5) is 29.5. The molecular weight excluding hydrogens is 474 g/mol. The average molecular weight is 494 g/mol. The zero-order chi connectivity index (χ0) is 23.9. The quantitative estimate of drug-likeness (QED) is 0.529. The van der Waals surface area contributed by atoms with Crippen molar-refractivity contribution in [2.45, 2.75) is 24.7 Å². The summed E-state index contributed by atoms with van der Waals surface area (Å²) in [7, 11) is -4.27. The van der Waals surface area contributed by atoms with E-state index < -0.39 is 28.2 Å². The van der Waals surface area contributed by atoms with Gasteiger partial charge < -0.3 is 14.6 Å². The highest BCUT2D eigenvalue weighted by molar-refractivity contribution is 7.90. The van der Waals surface area contributed by atoms with E-state index in [0.29, 0.717) is 9.87 Å². The van der Waals surface area contributed by atoms with Crippen LogP contribution in [0.5, 0.6) is 11.6 Å². The predicted octanol–water partition coefficient (Wildman–Crippen LogP) is 2.02. The average Bonchev–Trinajstić information content (AvgIpc) is 2.98. The smallest absolute Gasteiger partial charge is 0.280 e. The Bertz CT molecular complexity index is 1420. The van der Waals surface area contributed by atoms with Gasteiger partial charge in [0.15, 0.2) is 11.8 Å². The van der Waals surface area contributed by atoms with Crippen LogP contribution in [0.2, 0.25) is 5.02 Å². The monoisotopic (exact) mass is 493 g/mol. The fourth-order valence-electron chi connectivity index (χ4n) is 3.49. The number of carbonyl (C=O) groups is 1. The molecule has 0 radical (unpaired) electrons. The molecule has 1 aliphatic rings. The number of halogens is 1. The summed E-state index contributed by atoms with van der Waals surface area (Å²) in [5.41, 5.74) is 0.164. The number of fused-ring (bicyclic) bond motifs is 2. The van der Waals surface area contributed by atoms with Gasteiger partial charge in [-0.2, -0.15) is 9.29 Å². The van der Waals surface area contributed by atoms with Crippen molar-refractivity contribution in [2.75, 3.05) is 19.9 Å². The van der Waals surface area contributed by atoms with E-state index in [-0.39, 0.29) is 51.9 Å². The lowest BCUT2D eigenvalue weighted by atomic mass is 9.96. The number of rotatable bonds is 7. The van der Waals surface area contributed by atoms with Gasteiger partial charge in [-0.15, -0.1) is 0 Å². The second kappa shape index (κ2) is 8.65. The maximum Gasteiger partial charge on any atom is 0.280 e.